The predicted octanol–water partition coefficient (Wildman–Crippen LogP) is 0.508. The van der Waals surface area contributed by atoms with Crippen LogP contribution in [-0.4, -0.2) is 49.5 Å². The van der Waals surface area contributed by atoms with Crippen LogP contribution in [0, 0.1) is 0 Å². The number of hydrogen-bond acceptors (Lipinski definition) is 4. The Labute approximate surface area is 97.9 Å². The van der Waals surface area contributed by atoms with Gasteiger partial charge >= 0.3 is 0 Å². The van der Waals surface area contributed by atoms with Crippen LogP contribution in [0.15, 0.2) is 0 Å². The quantitative estimate of drug-likeness (QED) is 0.697. The molecule has 2 saturated heterocycles. The topological polar surface area (TPSA) is 55.8 Å². The fraction of sp³-hybridized carbons (Fsp3) is 1.00. The Bertz CT molecular complexity index is 316. The second-order valence-corrected chi connectivity index (χ2v) is 7.00. The summed E-state index contributed by atoms with van der Waals surface area (Å²) in [5.74, 6) is -0.502. The molecule has 2 heterocycles. The van der Waals surface area contributed by atoms with E-state index >= 15 is 0 Å². The highest BCUT2D eigenvalue weighted by molar-refractivity contribution is 9.10. The van der Waals surface area contributed by atoms with Gasteiger partial charge < -0.3 is 9.47 Å². The molecule has 0 bridgehead atoms. The van der Waals surface area contributed by atoms with Crippen LogP contribution in [0.25, 0.3) is 0 Å². The van der Waals surface area contributed by atoms with Crippen molar-refractivity contribution in [1.29, 1.82) is 0 Å². The first kappa shape index (κ1) is 11.8. The summed E-state index contributed by atoms with van der Waals surface area (Å²) < 4.78 is 35.6. The lowest BCUT2D eigenvalue weighted by Crippen LogP contribution is -2.47. The van der Waals surface area contributed by atoms with Crippen molar-refractivity contribution in [3.05, 3.63) is 0 Å². The summed E-state index contributed by atoms with van der Waals surface area (Å²) in [4.78, 5) is 0. The average molecular weight is 300 g/mol. The van der Waals surface area contributed by atoms with Crippen molar-refractivity contribution in [2.24, 2.45) is 0 Å². The molecular weight excluding hydrogens is 286 g/mol. The van der Waals surface area contributed by atoms with Gasteiger partial charge in [-0.1, -0.05) is 15.9 Å². The number of alkyl halides is 1. The maximum absolute atomic E-state index is 11.6. The molecular formula is C8H14BrNO4S. The van der Waals surface area contributed by atoms with Crippen LogP contribution >= 0.6 is 15.9 Å². The van der Waals surface area contributed by atoms with Crippen LogP contribution in [0.5, 0.6) is 0 Å². The lowest BCUT2D eigenvalue weighted by Gasteiger charge is -2.36. The number of ether oxygens (including phenoxy) is 2. The predicted molar refractivity (Wildman–Crippen MR) is 58.2 cm³/mol. The van der Waals surface area contributed by atoms with Gasteiger partial charge in [-0.15, -0.1) is 0 Å². The molecule has 2 fully saturated rings. The zero-order chi connectivity index (χ0) is 10.9. The van der Waals surface area contributed by atoms with Gasteiger partial charge in [0.2, 0.25) is 10.0 Å². The minimum atomic E-state index is -3.13. The SMILES string of the molecule is O=S(=O)(CBr)N1CCC2(CC1)OCCO2. The van der Waals surface area contributed by atoms with E-state index in [1.54, 1.807) is 0 Å². The minimum absolute atomic E-state index is 0.0191. The standard InChI is InChI=1S/C8H14BrNO4S/c9-7-15(11,12)10-3-1-8(2-4-10)13-5-6-14-8/h1-7H2. The molecule has 7 heteroatoms. The molecule has 0 radical (unpaired) electrons. The summed E-state index contributed by atoms with van der Waals surface area (Å²) >= 11 is 2.99. The van der Waals surface area contributed by atoms with Gasteiger partial charge in [-0.05, 0) is 0 Å². The van der Waals surface area contributed by atoms with Gasteiger partial charge in [-0.2, -0.15) is 0 Å². The highest BCUT2D eigenvalue weighted by atomic mass is 79.9. The molecule has 0 saturated carbocycles. The Morgan fingerprint density at radius 3 is 2.20 bits per heavy atom. The van der Waals surface area contributed by atoms with Gasteiger partial charge in [-0.25, -0.2) is 12.7 Å². The smallest absolute Gasteiger partial charge is 0.224 e. The number of piperidine rings is 1. The van der Waals surface area contributed by atoms with E-state index in [1.807, 2.05) is 0 Å². The summed E-state index contributed by atoms with van der Waals surface area (Å²) in [6.07, 6.45) is 1.25. The fourth-order valence-corrected chi connectivity index (χ4v) is 3.71. The second kappa shape index (κ2) is 4.29. The van der Waals surface area contributed by atoms with Crippen LogP contribution < -0.4 is 0 Å². The molecule has 2 aliphatic rings. The first-order chi connectivity index (χ1) is 7.08. The van der Waals surface area contributed by atoms with Gasteiger partial charge in [-0.3, -0.25) is 0 Å². The van der Waals surface area contributed by atoms with Gasteiger partial charge in [0.05, 0.1) is 13.2 Å². The number of nitrogens with zero attached hydrogens (tertiary/aromatic N) is 1. The Hall–Kier alpha value is 0.310. The number of rotatable bonds is 2. The number of halogens is 1. The third kappa shape index (κ3) is 2.36. The summed E-state index contributed by atoms with van der Waals surface area (Å²) in [7, 11) is -3.13. The lowest BCUT2D eigenvalue weighted by molar-refractivity contribution is -0.179. The van der Waals surface area contributed by atoms with E-state index in [0.29, 0.717) is 39.1 Å². The lowest BCUT2D eigenvalue weighted by atomic mass is 10.1. The number of sulfonamides is 1. The fourth-order valence-electron chi connectivity index (χ4n) is 1.96. The van der Waals surface area contributed by atoms with Crippen LogP contribution in [0.4, 0.5) is 0 Å². The van der Waals surface area contributed by atoms with E-state index < -0.39 is 15.8 Å². The molecule has 0 aromatic rings. The first-order valence-electron chi connectivity index (χ1n) is 4.90. The molecule has 0 N–H and O–H groups in total. The van der Waals surface area contributed by atoms with Crippen molar-refractivity contribution in [2.45, 2.75) is 18.6 Å². The van der Waals surface area contributed by atoms with E-state index in [4.69, 9.17) is 9.47 Å². The maximum Gasteiger partial charge on any atom is 0.224 e. The van der Waals surface area contributed by atoms with Gasteiger partial charge in [0, 0.05) is 25.9 Å². The zero-order valence-electron chi connectivity index (χ0n) is 8.32. The first-order valence-corrected chi connectivity index (χ1v) is 7.63. The van der Waals surface area contributed by atoms with Crippen molar-refractivity contribution < 1.29 is 17.9 Å². The normalized spacial score (nSPS) is 27.3. The van der Waals surface area contributed by atoms with E-state index in [9.17, 15) is 8.42 Å². The summed E-state index contributed by atoms with van der Waals surface area (Å²) in [5.41, 5.74) is 0. The molecule has 15 heavy (non-hydrogen) atoms. The monoisotopic (exact) mass is 299 g/mol. The molecule has 5 nitrogen and oxygen atoms in total. The second-order valence-electron chi connectivity index (χ2n) is 3.73. The Morgan fingerprint density at radius 2 is 1.73 bits per heavy atom. The van der Waals surface area contributed by atoms with Crippen molar-refractivity contribution in [3.8, 4) is 0 Å². The zero-order valence-corrected chi connectivity index (χ0v) is 10.7. The van der Waals surface area contributed by atoms with Crippen molar-refractivity contribution >= 4 is 26.0 Å². The van der Waals surface area contributed by atoms with Crippen molar-refractivity contribution in [2.75, 3.05) is 31.0 Å². The third-order valence-electron chi connectivity index (χ3n) is 2.83. The van der Waals surface area contributed by atoms with Crippen LogP contribution in [0.1, 0.15) is 12.8 Å². The summed E-state index contributed by atoms with van der Waals surface area (Å²) in [6, 6.07) is 0. The largest absolute Gasteiger partial charge is 0.347 e. The van der Waals surface area contributed by atoms with Crippen LogP contribution in [0.2, 0.25) is 0 Å². The van der Waals surface area contributed by atoms with Crippen molar-refractivity contribution in [3.63, 3.8) is 0 Å². The molecule has 0 aromatic carbocycles. The molecule has 1 spiro atoms. The Morgan fingerprint density at radius 1 is 1.20 bits per heavy atom. The molecule has 88 valence electrons. The Balaban J connectivity index is 1.97. The summed E-state index contributed by atoms with van der Waals surface area (Å²) in [5, 5.41) is 0. The average Bonchev–Trinajstić information content (AvgIpc) is 2.67. The maximum atomic E-state index is 11.6. The van der Waals surface area contributed by atoms with Gasteiger partial charge in [0.1, 0.15) is 4.66 Å². The van der Waals surface area contributed by atoms with E-state index in [0.717, 1.165) is 0 Å². The minimum Gasteiger partial charge on any atom is -0.347 e. The number of hydrogen-bond donors (Lipinski definition) is 0. The molecule has 0 aromatic heterocycles. The highest BCUT2D eigenvalue weighted by Crippen LogP contribution is 2.32. The van der Waals surface area contributed by atoms with Crippen LogP contribution in [0.3, 0.4) is 0 Å². The van der Waals surface area contributed by atoms with Gasteiger partial charge in [0.25, 0.3) is 0 Å². The summed E-state index contributed by atoms with van der Waals surface area (Å²) in [6.45, 7) is 2.19. The third-order valence-corrected chi connectivity index (χ3v) is 5.99. The molecule has 2 aliphatic heterocycles. The molecule has 0 atom stereocenters. The van der Waals surface area contributed by atoms with E-state index in [1.165, 1.54) is 4.31 Å². The highest BCUT2D eigenvalue weighted by Gasteiger charge is 2.41. The van der Waals surface area contributed by atoms with Crippen LogP contribution in [-0.2, 0) is 19.5 Å². The molecule has 0 amide bonds. The Kier molecular flexibility index (Phi) is 3.37. The molecule has 0 aliphatic carbocycles. The van der Waals surface area contributed by atoms with E-state index in [2.05, 4.69) is 15.9 Å². The van der Waals surface area contributed by atoms with Crippen molar-refractivity contribution in [1.82, 2.24) is 4.31 Å². The van der Waals surface area contributed by atoms with E-state index in [-0.39, 0.29) is 4.66 Å². The van der Waals surface area contributed by atoms with Gasteiger partial charge in [0.15, 0.2) is 5.79 Å². The molecule has 2 rings (SSSR count). The molecule has 0 unspecified atom stereocenters.